The van der Waals surface area contributed by atoms with Crippen molar-refractivity contribution >= 4 is 29.3 Å². The van der Waals surface area contributed by atoms with Crippen molar-refractivity contribution in [1.29, 1.82) is 0 Å². The predicted octanol–water partition coefficient (Wildman–Crippen LogP) is 6.54. The monoisotopic (exact) mass is 518 g/mol. The zero-order valence-electron chi connectivity index (χ0n) is 22.0. The number of carbonyl (C=O) groups excluding carboxylic acids is 2. The maximum absolute atomic E-state index is 13.0. The molecule has 0 aliphatic carbocycles. The molecule has 1 unspecified atom stereocenters. The predicted molar refractivity (Wildman–Crippen MR) is 154 cm³/mol. The maximum Gasteiger partial charge on any atom is 0.268 e. The second kappa shape index (κ2) is 11.7. The van der Waals surface area contributed by atoms with Gasteiger partial charge in [-0.15, -0.1) is 0 Å². The first-order chi connectivity index (χ1) is 19.0. The highest BCUT2D eigenvalue weighted by molar-refractivity contribution is 6.04. The first kappa shape index (κ1) is 25.8. The van der Waals surface area contributed by atoms with E-state index in [2.05, 4.69) is 5.32 Å². The lowest BCUT2D eigenvalue weighted by atomic mass is 10.1. The Morgan fingerprint density at radius 1 is 0.974 bits per heavy atom. The van der Waals surface area contributed by atoms with Crippen LogP contribution in [-0.2, 0) is 22.7 Å². The molecular formula is C33H30N2O4. The third-order valence-electron chi connectivity index (χ3n) is 6.58. The number of nitrogens with zero attached hydrogens (tertiary/aromatic N) is 1. The molecule has 0 radical (unpaired) electrons. The van der Waals surface area contributed by atoms with Crippen molar-refractivity contribution in [2.24, 2.45) is 0 Å². The number of amides is 2. The van der Waals surface area contributed by atoms with Crippen molar-refractivity contribution in [3.63, 3.8) is 0 Å². The summed E-state index contributed by atoms with van der Waals surface area (Å²) in [5.41, 5.74) is 5.35. The standard InChI is InChI=1S/C33H30N2O4/c1-23-8-6-7-11-27(23)21-35-30-20-28(15-18-31(30)39-24(2)33(35)37)34-32(36)19-14-25-12-16-29(17-13-25)38-22-26-9-4-3-5-10-26/h3-20,24H,21-22H2,1-2H3,(H,34,36)/b19-14+. The van der Waals surface area contributed by atoms with E-state index in [1.165, 1.54) is 6.08 Å². The number of benzene rings is 4. The van der Waals surface area contributed by atoms with Crippen molar-refractivity contribution < 1.29 is 19.1 Å². The van der Waals surface area contributed by atoms with Crippen LogP contribution in [-0.4, -0.2) is 17.9 Å². The number of nitrogens with one attached hydrogen (secondary N) is 1. The highest BCUT2D eigenvalue weighted by Gasteiger charge is 2.32. The zero-order chi connectivity index (χ0) is 27.2. The van der Waals surface area contributed by atoms with E-state index in [9.17, 15) is 9.59 Å². The van der Waals surface area contributed by atoms with Crippen LogP contribution in [0.5, 0.6) is 11.5 Å². The number of hydrogen-bond donors (Lipinski definition) is 1. The number of hydrogen-bond acceptors (Lipinski definition) is 4. The zero-order valence-corrected chi connectivity index (χ0v) is 22.0. The lowest BCUT2D eigenvalue weighted by Crippen LogP contribution is -2.44. The lowest BCUT2D eigenvalue weighted by molar-refractivity contribution is -0.125. The van der Waals surface area contributed by atoms with Gasteiger partial charge in [-0.3, -0.25) is 9.59 Å². The highest BCUT2D eigenvalue weighted by Crippen LogP contribution is 2.37. The number of anilines is 2. The van der Waals surface area contributed by atoms with Gasteiger partial charge in [-0.25, -0.2) is 0 Å². The molecule has 1 aliphatic heterocycles. The van der Waals surface area contributed by atoms with Gasteiger partial charge in [0.1, 0.15) is 18.1 Å². The SMILES string of the molecule is Cc1ccccc1CN1C(=O)C(C)Oc2ccc(NC(=O)/C=C/c3ccc(OCc4ccccc4)cc3)cc21. The fourth-order valence-corrected chi connectivity index (χ4v) is 4.38. The Morgan fingerprint density at radius 2 is 1.72 bits per heavy atom. The molecule has 196 valence electrons. The molecular weight excluding hydrogens is 488 g/mol. The Hall–Kier alpha value is -4.84. The minimum atomic E-state index is -0.583. The lowest BCUT2D eigenvalue weighted by Gasteiger charge is -2.33. The van der Waals surface area contributed by atoms with Crippen LogP contribution in [0.1, 0.15) is 29.2 Å². The third kappa shape index (κ3) is 6.36. The first-order valence-electron chi connectivity index (χ1n) is 12.9. The van der Waals surface area contributed by atoms with Crippen molar-refractivity contribution in [3.05, 3.63) is 125 Å². The van der Waals surface area contributed by atoms with Crippen molar-refractivity contribution in [1.82, 2.24) is 0 Å². The maximum atomic E-state index is 13.0. The molecule has 1 N–H and O–H groups in total. The summed E-state index contributed by atoms with van der Waals surface area (Å²) in [7, 11) is 0. The number of aryl methyl sites for hydroxylation is 1. The highest BCUT2D eigenvalue weighted by atomic mass is 16.5. The summed E-state index contributed by atoms with van der Waals surface area (Å²) in [5.74, 6) is 0.973. The number of rotatable bonds is 8. The van der Waals surface area contributed by atoms with Crippen LogP contribution in [0.15, 0.2) is 103 Å². The number of ether oxygens (including phenoxy) is 2. The summed E-state index contributed by atoms with van der Waals surface area (Å²) in [6, 6.07) is 30.9. The molecule has 39 heavy (non-hydrogen) atoms. The molecule has 0 bridgehead atoms. The minimum absolute atomic E-state index is 0.120. The number of carbonyl (C=O) groups is 2. The molecule has 6 nitrogen and oxygen atoms in total. The fourth-order valence-electron chi connectivity index (χ4n) is 4.38. The topological polar surface area (TPSA) is 67.9 Å². The van der Waals surface area contributed by atoms with Gasteiger partial charge in [-0.2, -0.15) is 0 Å². The largest absolute Gasteiger partial charge is 0.489 e. The van der Waals surface area contributed by atoms with E-state index in [1.54, 1.807) is 36.1 Å². The van der Waals surface area contributed by atoms with Gasteiger partial charge in [0.05, 0.1) is 12.2 Å². The quantitative estimate of drug-likeness (QED) is 0.269. The van der Waals surface area contributed by atoms with E-state index in [1.807, 2.05) is 85.8 Å². The van der Waals surface area contributed by atoms with E-state index in [-0.39, 0.29) is 11.8 Å². The number of fused-ring (bicyclic) bond motifs is 1. The van der Waals surface area contributed by atoms with E-state index in [4.69, 9.17) is 9.47 Å². The molecule has 0 fully saturated rings. The molecule has 1 heterocycles. The molecule has 2 amide bonds. The molecule has 6 heteroatoms. The van der Waals surface area contributed by atoms with Gasteiger partial charge in [0.2, 0.25) is 5.91 Å². The normalized spacial score (nSPS) is 14.6. The average Bonchev–Trinajstić information content (AvgIpc) is 2.95. The van der Waals surface area contributed by atoms with Crippen LogP contribution in [0.25, 0.3) is 6.08 Å². The van der Waals surface area contributed by atoms with Crippen LogP contribution in [0.4, 0.5) is 11.4 Å². The van der Waals surface area contributed by atoms with Gasteiger partial charge in [0, 0.05) is 11.8 Å². The minimum Gasteiger partial charge on any atom is -0.489 e. The molecule has 5 rings (SSSR count). The van der Waals surface area contributed by atoms with Gasteiger partial charge in [0.25, 0.3) is 5.91 Å². The molecule has 0 saturated heterocycles. The molecule has 0 spiro atoms. The summed E-state index contributed by atoms with van der Waals surface area (Å²) in [6.07, 6.45) is 2.64. The summed E-state index contributed by atoms with van der Waals surface area (Å²) in [5, 5.41) is 2.89. The fraction of sp³-hybridized carbons (Fsp3) is 0.152. The van der Waals surface area contributed by atoms with Crippen molar-refractivity contribution in [2.45, 2.75) is 33.1 Å². The van der Waals surface area contributed by atoms with Gasteiger partial charge in [0.15, 0.2) is 6.10 Å². The van der Waals surface area contributed by atoms with Crippen LogP contribution < -0.4 is 19.7 Å². The Labute approximate surface area is 228 Å². The second-order valence-corrected chi connectivity index (χ2v) is 9.46. The van der Waals surface area contributed by atoms with E-state index < -0.39 is 6.10 Å². The molecule has 0 aromatic heterocycles. The second-order valence-electron chi connectivity index (χ2n) is 9.46. The molecule has 4 aromatic rings. The van der Waals surface area contributed by atoms with Gasteiger partial charge >= 0.3 is 0 Å². The average molecular weight is 519 g/mol. The van der Waals surface area contributed by atoms with Gasteiger partial charge in [-0.05, 0) is 72.5 Å². The molecule has 1 aliphatic rings. The Balaban J connectivity index is 1.24. The summed E-state index contributed by atoms with van der Waals surface area (Å²) in [4.78, 5) is 27.4. The molecule has 4 aromatic carbocycles. The third-order valence-corrected chi connectivity index (χ3v) is 6.58. The molecule has 1 atom stereocenters. The van der Waals surface area contributed by atoms with Crippen LogP contribution in [0, 0.1) is 6.92 Å². The van der Waals surface area contributed by atoms with Crippen molar-refractivity contribution in [2.75, 3.05) is 10.2 Å². The van der Waals surface area contributed by atoms with Crippen LogP contribution in [0.3, 0.4) is 0 Å². The van der Waals surface area contributed by atoms with E-state index in [0.717, 1.165) is 28.0 Å². The van der Waals surface area contributed by atoms with Crippen LogP contribution >= 0.6 is 0 Å². The van der Waals surface area contributed by atoms with E-state index >= 15 is 0 Å². The summed E-state index contributed by atoms with van der Waals surface area (Å²) in [6.45, 7) is 4.70. The van der Waals surface area contributed by atoms with Gasteiger partial charge < -0.3 is 19.7 Å². The van der Waals surface area contributed by atoms with Crippen molar-refractivity contribution in [3.8, 4) is 11.5 Å². The Kier molecular flexibility index (Phi) is 7.73. The van der Waals surface area contributed by atoms with Crippen LogP contribution in [0.2, 0.25) is 0 Å². The van der Waals surface area contributed by atoms with Gasteiger partial charge in [-0.1, -0.05) is 66.7 Å². The van der Waals surface area contributed by atoms with E-state index in [0.29, 0.717) is 30.3 Å². The Morgan fingerprint density at radius 3 is 2.49 bits per heavy atom. The summed E-state index contributed by atoms with van der Waals surface area (Å²) < 4.78 is 11.7. The molecule has 0 saturated carbocycles. The Bertz CT molecular complexity index is 1500. The summed E-state index contributed by atoms with van der Waals surface area (Å²) >= 11 is 0. The first-order valence-corrected chi connectivity index (χ1v) is 12.9. The smallest absolute Gasteiger partial charge is 0.268 e.